The summed E-state index contributed by atoms with van der Waals surface area (Å²) < 4.78 is 0. The molecule has 8 heteroatoms. The minimum Gasteiger partial charge on any atom is -0.332 e. The third kappa shape index (κ3) is 1.73. The second-order valence-electron chi connectivity index (χ2n) is 3.65. The number of carbonyl (C=O) groups is 3. The van der Waals surface area contributed by atoms with Crippen molar-refractivity contribution in [2.45, 2.75) is 18.9 Å². The van der Waals surface area contributed by atoms with Crippen LogP contribution in [0.5, 0.6) is 0 Å². The zero-order chi connectivity index (χ0) is 11.7. The Morgan fingerprint density at radius 2 is 2.12 bits per heavy atom. The molecule has 88 valence electrons. The number of imide groups is 1. The van der Waals surface area contributed by atoms with E-state index >= 15 is 0 Å². The first kappa shape index (κ1) is 10.5. The first-order valence-corrected chi connectivity index (χ1v) is 4.85. The molecule has 4 amide bonds. The third-order valence-electron chi connectivity index (χ3n) is 2.63. The van der Waals surface area contributed by atoms with Crippen molar-refractivity contribution < 1.29 is 24.2 Å². The molecule has 1 unspecified atom stereocenters. The maximum atomic E-state index is 11.7. The van der Waals surface area contributed by atoms with E-state index in [0.29, 0.717) is 13.1 Å². The average Bonchev–Trinajstić information content (AvgIpc) is 2.47. The SMILES string of the molecule is NC(=O)OOC(=O)N1C(=O)N2CCCC1C2. The Hall–Kier alpha value is -1.99. The van der Waals surface area contributed by atoms with E-state index in [-0.39, 0.29) is 6.04 Å². The largest absolute Gasteiger partial charge is 0.461 e. The summed E-state index contributed by atoms with van der Waals surface area (Å²) in [5.41, 5.74) is 4.63. The van der Waals surface area contributed by atoms with Crippen LogP contribution in [0.4, 0.5) is 14.4 Å². The van der Waals surface area contributed by atoms with Crippen LogP contribution in [0.3, 0.4) is 0 Å². The summed E-state index contributed by atoms with van der Waals surface area (Å²) in [5, 5.41) is 0. The highest BCUT2D eigenvalue weighted by Crippen LogP contribution is 2.25. The van der Waals surface area contributed by atoms with E-state index < -0.39 is 18.2 Å². The highest BCUT2D eigenvalue weighted by molar-refractivity contribution is 5.93. The number of rotatable bonds is 0. The normalized spacial score (nSPS) is 23.2. The van der Waals surface area contributed by atoms with E-state index in [4.69, 9.17) is 0 Å². The quantitative estimate of drug-likeness (QED) is 0.466. The fourth-order valence-electron chi connectivity index (χ4n) is 1.99. The Balaban J connectivity index is 2.00. The van der Waals surface area contributed by atoms with Crippen LogP contribution in [0.1, 0.15) is 12.8 Å². The lowest BCUT2D eigenvalue weighted by Gasteiger charge is -2.20. The first-order valence-electron chi connectivity index (χ1n) is 4.85. The number of piperidine rings is 1. The van der Waals surface area contributed by atoms with Crippen molar-refractivity contribution in [3.63, 3.8) is 0 Å². The van der Waals surface area contributed by atoms with Gasteiger partial charge in [0.15, 0.2) is 0 Å². The average molecular weight is 229 g/mol. The van der Waals surface area contributed by atoms with E-state index in [1.807, 2.05) is 0 Å². The lowest BCUT2D eigenvalue weighted by atomic mass is 10.1. The number of fused-ring (bicyclic) bond motifs is 2. The molecule has 8 nitrogen and oxygen atoms in total. The van der Waals surface area contributed by atoms with Crippen LogP contribution in [0, 0.1) is 0 Å². The van der Waals surface area contributed by atoms with Crippen LogP contribution in [-0.2, 0) is 9.78 Å². The van der Waals surface area contributed by atoms with E-state index in [1.165, 1.54) is 0 Å². The zero-order valence-corrected chi connectivity index (χ0v) is 8.42. The van der Waals surface area contributed by atoms with Gasteiger partial charge in [-0.2, -0.15) is 0 Å². The summed E-state index contributed by atoms with van der Waals surface area (Å²) in [5.74, 6) is 0. The van der Waals surface area contributed by atoms with Gasteiger partial charge in [0.1, 0.15) is 0 Å². The third-order valence-corrected chi connectivity index (χ3v) is 2.63. The van der Waals surface area contributed by atoms with Gasteiger partial charge in [0.2, 0.25) is 0 Å². The number of urea groups is 1. The molecule has 0 spiro atoms. The summed E-state index contributed by atoms with van der Waals surface area (Å²) >= 11 is 0. The minimum absolute atomic E-state index is 0.203. The van der Waals surface area contributed by atoms with E-state index in [1.54, 1.807) is 4.90 Å². The lowest BCUT2D eigenvalue weighted by molar-refractivity contribution is -0.183. The van der Waals surface area contributed by atoms with Gasteiger partial charge in [0.05, 0.1) is 6.04 Å². The van der Waals surface area contributed by atoms with Crippen LogP contribution < -0.4 is 5.73 Å². The molecule has 2 N–H and O–H groups in total. The molecule has 0 aromatic heterocycles. The Morgan fingerprint density at radius 1 is 1.38 bits per heavy atom. The number of amides is 4. The molecule has 2 heterocycles. The highest BCUT2D eigenvalue weighted by Gasteiger charge is 2.44. The maximum absolute atomic E-state index is 11.7. The van der Waals surface area contributed by atoms with Crippen molar-refractivity contribution in [3.8, 4) is 0 Å². The van der Waals surface area contributed by atoms with Crippen molar-refractivity contribution >= 4 is 18.2 Å². The molecule has 2 aliphatic rings. The Labute approximate surface area is 90.8 Å². The standard InChI is InChI=1S/C8H11N3O5/c9-6(12)15-16-8(14)11-5-2-1-3-10(4-5)7(11)13/h5H,1-4H2,(H2,9,12). The van der Waals surface area contributed by atoms with Gasteiger partial charge >= 0.3 is 18.2 Å². The molecule has 2 fully saturated rings. The van der Waals surface area contributed by atoms with Crippen LogP contribution in [0.25, 0.3) is 0 Å². The van der Waals surface area contributed by atoms with Gasteiger partial charge in [-0.1, -0.05) is 0 Å². The molecule has 0 aromatic carbocycles. The molecule has 1 atom stereocenters. The predicted molar refractivity (Wildman–Crippen MR) is 49.0 cm³/mol. The molecular weight excluding hydrogens is 218 g/mol. The summed E-state index contributed by atoms with van der Waals surface area (Å²) in [6.45, 7) is 1.14. The molecule has 2 aliphatic heterocycles. The minimum atomic E-state index is -1.23. The second-order valence-corrected chi connectivity index (χ2v) is 3.65. The van der Waals surface area contributed by atoms with Gasteiger partial charge in [-0.05, 0) is 12.8 Å². The first-order chi connectivity index (χ1) is 7.59. The molecule has 16 heavy (non-hydrogen) atoms. The van der Waals surface area contributed by atoms with Gasteiger partial charge in [0, 0.05) is 13.1 Å². The van der Waals surface area contributed by atoms with Crippen molar-refractivity contribution in [2.75, 3.05) is 13.1 Å². The Morgan fingerprint density at radius 3 is 2.75 bits per heavy atom. The Bertz CT molecular complexity index is 345. The monoisotopic (exact) mass is 229 g/mol. The van der Waals surface area contributed by atoms with Gasteiger partial charge in [0.25, 0.3) is 0 Å². The van der Waals surface area contributed by atoms with Crippen LogP contribution in [0.2, 0.25) is 0 Å². The lowest BCUT2D eigenvalue weighted by Crippen LogP contribution is -2.39. The van der Waals surface area contributed by atoms with Crippen molar-refractivity contribution in [3.05, 3.63) is 0 Å². The van der Waals surface area contributed by atoms with E-state index in [9.17, 15) is 14.4 Å². The highest BCUT2D eigenvalue weighted by atomic mass is 17.2. The predicted octanol–water partition coefficient (Wildman–Crippen LogP) is 0.0333. The molecule has 2 rings (SSSR count). The van der Waals surface area contributed by atoms with Gasteiger partial charge in [-0.25, -0.2) is 29.1 Å². The van der Waals surface area contributed by atoms with Crippen LogP contribution in [-0.4, -0.2) is 47.1 Å². The van der Waals surface area contributed by atoms with Crippen LogP contribution >= 0.6 is 0 Å². The van der Waals surface area contributed by atoms with Gasteiger partial charge in [-0.15, -0.1) is 0 Å². The maximum Gasteiger partial charge on any atom is 0.461 e. The number of hydrogen-bond acceptors (Lipinski definition) is 5. The molecule has 2 bridgehead atoms. The molecule has 0 aromatic rings. The fraction of sp³-hybridized carbons (Fsp3) is 0.625. The smallest absolute Gasteiger partial charge is 0.332 e. The molecule has 0 saturated carbocycles. The number of nitrogens with zero attached hydrogens (tertiary/aromatic N) is 2. The molecule has 0 aliphatic carbocycles. The molecule has 0 radical (unpaired) electrons. The number of primary amides is 1. The molecular formula is C8H11N3O5. The second kappa shape index (κ2) is 3.87. The topological polar surface area (TPSA) is 102 Å². The van der Waals surface area contributed by atoms with Gasteiger partial charge in [-0.3, -0.25) is 0 Å². The van der Waals surface area contributed by atoms with Crippen molar-refractivity contribution in [2.24, 2.45) is 5.73 Å². The summed E-state index contributed by atoms with van der Waals surface area (Å²) in [6, 6.07) is -0.620. The van der Waals surface area contributed by atoms with E-state index in [0.717, 1.165) is 17.7 Å². The van der Waals surface area contributed by atoms with Gasteiger partial charge < -0.3 is 10.6 Å². The fourth-order valence-corrected chi connectivity index (χ4v) is 1.99. The summed E-state index contributed by atoms with van der Waals surface area (Å²) in [6.07, 6.45) is -0.661. The van der Waals surface area contributed by atoms with Crippen molar-refractivity contribution in [1.29, 1.82) is 0 Å². The summed E-state index contributed by atoms with van der Waals surface area (Å²) in [7, 11) is 0. The van der Waals surface area contributed by atoms with Crippen molar-refractivity contribution in [1.82, 2.24) is 9.80 Å². The number of hydrogen-bond donors (Lipinski definition) is 1. The Kier molecular flexibility index (Phi) is 2.55. The molecule has 2 saturated heterocycles. The number of carbonyl (C=O) groups excluding carboxylic acids is 3. The summed E-state index contributed by atoms with van der Waals surface area (Å²) in [4.78, 5) is 43.8. The zero-order valence-electron chi connectivity index (χ0n) is 8.42. The number of nitrogens with two attached hydrogens (primary N) is 1. The van der Waals surface area contributed by atoms with Crippen LogP contribution in [0.15, 0.2) is 0 Å². The van der Waals surface area contributed by atoms with E-state index in [2.05, 4.69) is 15.5 Å².